The zero-order valence-electron chi connectivity index (χ0n) is 10.2. The van der Waals surface area contributed by atoms with E-state index in [1.165, 1.54) is 11.3 Å². The minimum Gasteiger partial charge on any atom is -0.382 e. The Bertz CT molecular complexity index is 349. The fourth-order valence-corrected chi connectivity index (χ4v) is 5.26. The first-order chi connectivity index (χ1) is 7.72. The second-order valence-electron chi connectivity index (χ2n) is 4.21. The van der Waals surface area contributed by atoms with Gasteiger partial charge in [-0.1, -0.05) is 17.7 Å². The second-order valence-corrected chi connectivity index (χ2v) is 7.49. The minimum atomic E-state index is -2.13. The summed E-state index contributed by atoms with van der Waals surface area (Å²) in [6, 6.07) is 9.63. The molecule has 1 heterocycles. The van der Waals surface area contributed by atoms with E-state index in [0.29, 0.717) is 0 Å². The van der Waals surface area contributed by atoms with E-state index in [4.69, 9.17) is 8.85 Å². The van der Waals surface area contributed by atoms with E-state index in [9.17, 15) is 0 Å². The van der Waals surface area contributed by atoms with Gasteiger partial charge in [-0.05, 0) is 25.5 Å². The Morgan fingerprint density at radius 2 is 1.75 bits per heavy atom. The van der Waals surface area contributed by atoms with Crippen LogP contribution in [-0.4, -0.2) is 29.5 Å². The van der Waals surface area contributed by atoms with Gasteiger partial charge in [0.15, 0.2) is 0 Å². The van der Waals surface area contributed by atoms with E-state index in [0.717, 1.165) is 19.0 Å². The molecule has 0 unspecified atom stereocenters. The van der Waals surface area contributed by atoms with Gasteiger partial charge < -0.3 is 13.4 Å². The van der Waals surface area contributed by atoms with E-state index in [-0.39, 0.29) is 0 Å². The zero-order chi connectivity index (χ0) is 11.6. The van der Waals surface area contributed by atoms with Crippen molar-refractivity contribution < 1.29 is 8.85 Å². The molecule has 1 aromatic rings. The monoisotopic (exact) mass is 237 g/mol. The van der Waals surface area contributed by atoms with Gasteiger partial charge in [-0.25, -0.2) is 0 Å². The van der Waals surface area contributed by atoms with Crippen LogP contribution in [0.25, 0.3) is 0 Å². The Morgan fingerprint density at radius 1 is 1.12 bits per heavy atom. The third-order valence-electron chi connectivity index (χ3n) is 3.27. The van der Waals surface area contributed by atoms with Gasteiger partial charge in [-0.2, -0.15) is 0 Å². The van der Waals surface area contributed by atoms with Gasteiger partial charge >= 0.3 is 8.72 Å². The molecule has 1 aliphatic rings. The van der Waals surface area contributed by atoms with Crippen LogP contribution >= 0.6 is 0 Å². The molecule has 0 aliphatic carbocycles. The lowest BCUT2D eigenvalue weighted by molar-refractivity contribution is 0.246. The van der Waals surface area contributed by atoms with Gasteiger partial charge in [0.05, 0.1) is 0 Å². The van der Waals surface area contributed by atoms with Crippen molar-refractivity contribution in [2.24, 2.45) is 0 Å². The summed E-state index contributed by atoms with van der Waals surface area (Å²) < 4.78 is 13.7. The highest BCUT2D eigenvalue weighted by molar-refractivity contribution is 6.72. The molecule has 1 aliphatic heterocycles. The maximum absolute atomic E-state index is 5.69. The summed E-state index contributed by atoms with van der Waals surface area (Å²) >= 11 is 0. The van der Waals surface area contributed by atoms with Crippen molar-refractivity contribution in [1.29, 1.82) is 0 Å². The van der Waals surface area contributed by atoms with Crippen LogP contribution < -0.4 is 4.57 Å². The summed E-state index contributed by atoms with van der Waals surface area (Å²) in [7, 11) is 1.40. The maximum atomic E-state index is 5.69. The van der Waals surface area contributed by atoms with Gasteiger partial charge in [-0.15, -0.1) is 0 Å². The average Bonchev–Trinajstić information content (AvgIpc) is 2.74. The van der Waals surface area contributed by atoms with E-state index in [2.05, 4.69) is 35.8 Å². The van der Waals surface area contributed by atoms with Crippen LogP contribution in [0, 0.1) is 6.92 Å². The van der Waals surface area contributed by atoms with E-state index >= 15 is 0 Å². The van der Waals surface area contributed by atoms with Crippen LogP contribution in [0.5, 0.6) is 0 Å². The Labute approximate surface area is 98.3 Å². The van der Waals surface area contributed by atoms with E-state index in [1.807, 2.05) is 0 Å². The predicted octanol–water partition coefficient (Wildman–Crippen LogP) is 2.44. The third kappa shape index (κ3) is 1.88. The van der Waals surface area contributed by atoms with Crippen molar-refractivity contribution >= 4 is 14.4 Å². The molecule has 1 fully saturated rings. The summed E-state index contributed by atoms with van der Waals surface area (Å²) in [6.07, 6.45) is 1.15. The summed E-state index contributed by atoms with van der Waals surface area (Å²) in [6.45, 7) is 3.14. The highest BCUT2D eigenvalue weighted by Gasteiger charge is 2.47. The highest BCUT2D eigenvalue weighted by atomic mass is 28.4. The molecule has 0 amide bonds. The molecule has 0 radical (unpaired) electrons. The first kappa shape index (κ1) is 11.6. The quantitative estimate of drug-likeness (QED) is 0.754. The first-order valence-corrected chi connectivity index (χ1v) is 7.63. The molecule has 0 aromatic heterocycles. The lowest BCUT2D eigenvalue weighted by Crippen LogP contribution is -2.53. The van der Waals surface area contributed by atoms with Gasteiger partial charge in [0.2, 0.25) is 0 Å². The molecule has 0 N–H and O–H groups in total. The molecule has 0 saturated carbocycles. The fraction of sp³-hybridized carbons (Fsp3) is 0.500. The normalized spacial score (nSPS) is 19.1. The van der Waals surface area contributed by atoms with Gasteiger partial charge in [0, 0.05) is 32.5 Å². The van der Waals surface area contributed by atoms with E-state index in [1.54, 1.807) is 14.2 Å². The zero-order valence-corrected chi connectivity index (χ0v) is 11.2. The number of rotatable bonds is 3. The summed E-state index contributed by atoms with van der Waals surface area (Å²) in [5.74, 6) is 0. The molecular formula is C12H19NO2Si. The lowest BCUT2D eigenvalue weighted by atomic mass is 10.2. The highest BCUT2D eigenvalue weighted by Crippen LogP contribution is 2.32. The van der Waals surface area contributed by atoms with Gasteiger partial charge in [-0.3, -0.25) is 0 Å². The maximum Gasteiger partial charge on any atom is 0.459 e. The second kappa shape index (κ2) is 4.57. The van der Waals surface area contributed by atoms with E-state index < -0.39 is 8.72 Å². The number of hydrogen-bond acceptors (Lipinski definition) is 3. The molecule has 4 heteroatoms. The predicted molar refractivity (Wildman–Crippen MR) is 67.7 cm³/mol. The number of aryl methyl sites for hydroxylation is 1. The van der Waals surface area contributed by atoms with Crippen LogP contribution in [0.1, 0.15) is 12.0 Å². The Kier molecular flexibility index (Phi) is 3.32. The minimum absolute atomic E-state index is 1.04. The SMILES string of the molecule is CO[Si]1(OC)CCCN1c1ccc(C)cc1. The van der Waals surface area contributed by atoms with Crippen molar-refractivity contribution in [3.63, 3.8) is 0 Å². The molecule has 1 saturated heterocycles. The summed E-state index contributed by atoms with van der Waals surface area (Å²) in [4.78, 5) is 0. The molecule has 0 bridgehead atoms. The molecule has 0 atom stereocenters. The molecule has 0 spiro atoms. The standard InChI is InChI=1S/C12H19NO2Si/c1-11-5-7-12(8-6-11)13-9-4-10-16(13,14-2)15-3/h5-8H,4,9-10H2,1-3H3. The van der Waals surface area contributed by atoms with Crippen molar-refractivity contribution in [1.82, 2.24) is 0 Å². The van der Waals surface area contributed by atoms with Crippen molar-refractivity contribution in [2.45, 2.75) is 19.4 Å². The van der Waals surface area contributed by atoms with Crippen LogP contribution in [0.15, 0.2) is 24.3 Å². The van der Waals surface area contributed by atoms with Crippen LogP contribution in [0.3, 0.4) is 0 Å². The van der Waals surface area contributed by atoms with Crippen LogP contribution in [0.4, 0.5) is 5.69 Å². The molecule has 2 rings (SSSR count). The Morgan fingerprint density at radius 3 is 2.31 bits per heavy atom. The molecular weight excluding hydrogens is 218 g/mol. The van der Waals surface area contributed by atoms with Crippen LogP contribution in [-0.2, 0) is 8.85 Å². The van der Waals surface area contributed by atoms with Crippen molar-refractivity contribution in [2.75, 3.05) is 25.3 Å². The number of nitrogens with zero attached hydrogens (tertiary/aromatic N) is 1. The largest absolute Gasteiger partial charge is 0.459 e. The smallest absolute Gasteiger partial charge is 0.382 e. The number of hydrogen-bond donors (Lipinski definition) is 0. The summed E-state index contributed by atoms with van der Waals surface area (Å²) in [5.41, 5.74) is 2.50. The lowest BCUT2D eigenvalue weighted by Gasteiger charge is -2.33. The van der Waals surface area contributed by atoms with Gasteiger partial charge in [0.25, 0.3) is 0 Å². The topological polar surface area (TPSA) is 21.7 Å². The molecule has 88 valence electrons. The Balaban J connectivity index is 2.29. The van der Waals surface area contributed by atoms with Crippen molar-refractivity contribution in [3.8, 4) is 0 Å². The molecule has 1 aromatic carbocycles. The summed E-state index contributed by atoms with van der Waals surface area (Å²) in [5, 5.41) is 0. The molecule has 3 nitrogen and oxygen atoms in total. The fourth-order valence-electron chi connectivity index (χ4n) is 2.32. The van der Waals surface area contributed by atoms with Crippen LogP contribution in [0.2, 0.25) is 6.04 Å². The Hall–Kier alpha value is -0.843. The first-order valence-electron chi connectivity index (χ1n) is 5.66. The molecule has 16 heavy (non-hydrogen) atoms. The average molecular weight is 237 g/mol. The number of anilines is 1. The van der Waals surface area contributed by atoms with Crippen molar-refractivity contribution in [3.05, 3.63) is 29.8 Å². The number of benzene rings is 1. The van der Waals surface area contributed by atoms with Gasteiger partial charge in [0.1, 0.15) is 0 Å². The third-order valence-corrected chi connectivity index (χ3v) is 6.83.